The fourth-order valence-corrected chi connectivity index (χ4v) is 3.15. The third-order valence-electron chi connectivity index (χ3n) is 2.49. The van der Waals surface area contributed by atoms with Crippen molar-refractivity contribution in [2.45, 2.75) is 32.2 Å². The first-order valence-electron chi connectivity index (χ1n) is 5.95. The average molecular weight is 303 g/mol. The summed E-state index contributed by atoms with van der Waals surface area (Å²) in [5.74, 6) is -2.94. The van der Waals surface area contributed by atoms with Gasteiger partial charge < -0.3 is 10.4 Å². The maximum absolute atomic E-state index is 11.9. The molecule has 1 heterocycles. The fraction of sp³-hybridized carbons (Fsp3) is 0.545. The molecule has 0 aliphatic rings. The van der Waals surface area contributed by atoms with Crippen LogP contribution in [-0.4, -0.2) is 47.0 Å². The highest BCUT2D eigenvalue weighted by molar-refractivity contribution is 7.90. The Hall–Kier alpha value is -1.90. The average Bonchev–Trinajstić information content (AvgIpc) is 2.73. The lowest BCUT2D eigenvalue weighted by molar-refractivity contribution is -0.140. The molecule has 0 spiro atoms. The summed E-state index contributed by atoms with van der Waals surface area (Å²) in [6, 6.07) is -1.45. The van der Waals surface area contributed by atoms with Crippen LogP contribution < -0.4 is 5.32 Å². The van der Waals surface area contributed by atoms with Gasteiger partial charge in [0.2, 0.25) is 5.91 Å². The molecule has 0 bridgehead atoms. The van der Waals surface area contributed by atoms with Crippen LogP contribution in [0.2, 0.25) is 0 Å². The maximum Gasteiger partial charge on any atom is 0.327 e. The van der Waals surface area contributed by atoms with Crippen LogP contribution >= 0.6 is 0 Å². The van der Waals surface area contributed by atoms with Gasteiger partial charge in [-0.05, 0) is 6.92 Å². The zero-order chi connectivity index (χ0) is 15.3. The standard InChI is InChI=1S/C11H17N3O5S/c1-3-14-5-9(4-12-14)6-20(18,19)7-10(11(16)17)13-8(2)15/h4-5,10H,3,6-7H2,1-2H3,(H,13,15)(H,16,17). The van der Waals surface area contributed by atoms with Crippen molar-refractivity contribution in [3.05, 3.63) is 18.0 Å². The molecule has 8 nitrogen and oxygen atoms in total. The number of carboxylic acid groups (broad SMARTS) is 1. The zero-order valence-electron chi connectivity index (χ0n) is 11.2. The molecule has 112 valence electrons. The van der Waals surface area contributed by atoms with Crippen molar-refractivity contribution in [2.24, 2.45) is 0 Å². The van der Waals surface area contributed by atoms with Gasteiger partial charge in [0.1, 0.15) is 6.04 Å². The first-order valence-corrected chi connectivity index (χ1v) is 7.77. The summed E-state index contributed by atoms with van der Waals surface area (Å²) in [6.45, 7) is 3.61. The van der Waals surface area contributed by atoms with E-state index in [9.17, 15) is 18.0 Å². The highest BCUT2D eigenvalue weighted by Gasteiger charge is 2.26. The molecule has 0 aromatic carbocycles. The van der Waals surface area contributed by atoms with Gasteiger partial charge in [-0.3, -0.25) is 9.48 Å². The Balaban J connectivity index is 2.77. The van der Waals surface area contributed by atoms with Gasteiger partial charge >= 0.3 is 5.97 Å². The lowest BCUT2D eigenvalue weighted by atomic mass is 10.3. The van der Waals surface area contributed by atoms with Crippen LogP contribution in [0.5, 0.6) is 0 Å². The Bertz CT molecular complexity index is 593. The molecule has 0 fully saturated rings. The number of sulfone groups is 1. The van der Waals surface area contributed by atoms with Gasteiger partial charge in [-0.1, -0.05) is 0 Å². The van der Waals surface area contributed by atoms with Crippen molar-refractivity contribution in [2.75, 3.05) is 5.75 Å². The maximum atomic E-state index is 11.9. The molecule has 1 aromatic rings. The second-order valence-electron chi connectivity index (χ2n) is 4.35. The van der Waals surface area contributed by atoms with Gasteiger partial charge in [0.15, 0.2) is 9.84 Å². The quantitative estimate of drug-likeness (QED) is 0.695. The van der Waals surface area contributed by atoms with E-state index in [-0.39, 0.29) is 5.75 Å². The molecule has 2 N–H and O–H groups in total. The van der Waals surface area contributed by atoms with Crippen molar-refractivity contribution in [3.63, 3.8) is 0 Å². The highest BCUT2D eigenvalue weighted by atomic mass is 32.2. The monoisotopic (exact) mass is 303 g/mol. The normalized spacial score (nSPS) is 12.9. The van der Waals surface area contributed by atoms with Crippen LogP contribution in [0.25, 0.3) is 0 Å². The number of carbonyl (C=O) groups excluding carboxylic acids is 1. The molecule has 1 amide bonds. The smallest absolute Gasteiger partial charge is 0.327 e. The number of carbonyl (C=O) groups is 2. The third kappa shape index (κ3) is 5.00. The molecular weight excluding hydrogens is 286 g/mol. The van der Waals surface area contributed by atoms with E-state index >= 15 is 0 Å². The first-order chi connectivity index (χ1) is 9.23. The summed E-state index contributed by atoms with van der Waals surface area (Å²) >= 11 is 0. The number of aromatic nitrogens is 2. The Labute approximate surface area is 116 Å². The Kier molecular flexibility index (Phi) is 5.26. The van der Waals surface area contributed by atoms with E-state index in [1.807, 2.05) is 6.92 Å². The summed E-state index contributed by atoms with van der Waals surface area (Å²) < 4.78 is 25.5. The van der Waals surface area contributed by atoms with Crippen LogP contribution in [-0.2, 0) is 31.7 Å². The molecule has 0 radical (unpaired) electrons. The van der Waals surface area contributed by atoms with Gasteiger partial charge in [-0.25, -0.2) is 13.2 Å². The van der Waals surface area contributed by atoms with Gasteiger partial charge in [-0.2, -0.15) is 5.10 Å². The minimum atomic E-state index is -3.67. The SMILES string of the molecule is CCn1cc(CS(=O)(=O)CC(NC(C)=O)C(=O)O)cn1. The number of rotatable bonds is 7. The predicted octanol–water partition coefficient (Wildman–Crippen LogP) is -0.593. The predicted molar refractivity (Wildman–Crippen MR) is 70.6 cm³/mol. The van der Waals surface area contributed by atoms with Gasteiger partial charge in [0.25, 0.3) is 0 Å². The van der Waals surface area contributed by atoms with E-state index in [0.717, 1.165) is 6.92 Å². The number of amides is 1. The van der Waals surface area contributed by atoms with Crippen LogP contribution in [0.4, 0.5) is 0 Å². The highest BCUT2D eigenvalue weighted by Crippen LogP contribution is 2.07. The van der Waals surface area contributed by atoms with Crippen molar-refractivity contribution in [1.29, 1.82) is 0 Å². The summed E-state index contributed by atoms with van der Waals surface area (Å²) in [6.07, 6.45) is 3.01. The van der Waals surface area contributed by atoms with E-state index in [4.69, 9.17) is 5.11 Å². The minimum Gasteiger partial charge on any atom is -0.480 e. The minimum absolute atomic E-state index is 0.309. The van der Waals surface area contributed by atoms with Crippen LogP contribution in [0.1, 0.15) is 19.4 Å². The lowest BCUT2D eigenvalue weighted by Crippen LogP contribution is -2.44. The van der Waals surface area contributed by atoms with E-state index in [1.165, 1.54) is 6.20 Å². The molecule has 1 aromatic heterocycles. The van der Waals surface area contributed by atoms with Gasteiger partial charge in [-0.15, -0.1) is 0 Å². The zero-order valence-corrected chi connectivity index (χ0v) is 12.1. The van der Waals surface area contributed by atoms with Crippen molar-refractivity contribution < 1.29 is 23.1 Å². The van der Waals surface area contributed by atoms with E-state index in [0.29, 0.717) is 12.1 Å². The summed E-state index contributed by atoms with van der Waals surface area (Å²) in [4.78, 5) is 21.8. The molecule has 0 aliphatic heterocycles. The van der Waals surface area contributed by atoms with Crippen molar-refractivity contribution >= 4 is 21.7 Å². The van der Waals surface area contributed by atoms with Gasteiger partial charge in [0.05, 0.1) is 17.7 Å². The number of hydrogen-bond acceptors (Lipinski definition) is 5. The van der Waals surface area contributed by atoms with Gasteiger partial charge in [0, 0.05) is 25.2 Å². The van der Waals surface area contributed by atoms with E-state index < -0.39 is 33.5 Å². The summed E-state index contributed by atoms with van der Waals surface area (Å²) in [5.41, 5.74) is 0.485. The molecule has 1 unspecified atom stereocenters. The molecule has 0 saturated heterocycles. The van der Waals surface area contributed by atoms with Crippen LogP contribution in [0, 0.1) is 0 Å². The Morgan fingerprint density at radius 1 is 1.50 bits per heavy atom. The topological polar surface area (TPSA) is 118 Å². The number of hydrogen-bond donors (Lipinski definition) is 2. The lowest BCUT2D eigenvalue weighted by Gasteiger charge is -2.13. The number of nitrogens with one attached hydrogen (secondary N) is 1. The molecular formula is C11H17N3O5S. The first kappa shape index (κ1) is 16.2. The Morgan fingerprint density at radius 3 is 2.60 bits per heavy atom. The molecule has 9 heteroatoms. The molecule has 1 atom stereocenters. The van der Waals surface area contributed by atoms with Crippen molar-refractivity contribution in [1.82, 2.24) is 15.1 Å². The largest absolute Gasteiger partial charge is 0.480 e. The number of aliphatic carboxylic acids is 1. The van der Waals surface area contributed by atoms with E-state index in [2.05, 4.69) is 10.4 Å². The Morgan fingerprint density at radius 2 is 2.15 bits per heavy atom. The van der Waals surface area contributed by atoms with Crippen molar-refractivity contribution in [3.8, 4) is 0 Å². The number of nitrogens with zero attached hydrogens (tertiary/aromatic N) is 2. The summed E-state index contributed by atoms with van der Waals surface area (Å²) in [7, 11) is -3.67. The summed E-state index contributed by atoms with van der Waals surface area (Å²) in [5, 5.41) is 14.9. The van der Waals surface area contributed by atoms with Crippen LogP contribution in [0.15, 0.2) is 12.4 Å². The van der Waals surface area contributed by atoms with Crippen LogP contribution in [0.3, 0.4) is 0 Å². The second-order valence-corrected chi connectivity index (χ2v) is 6.46. The number of aryl methyl sites for hydroxylation is 1. The molecule has 0 aliphatic carbocycles. The second kappa shape index (κ2) is 6.51. The fourth-order valence-electron chi connectivity index (χ4n) is 1.64. The third-order valence-corrected chi connectivity index (χ3v) is 4.11. The molecule has 0 saturated carbocycles. The van der Waals surface area contributed by atoms with E-state index in [1.54, 1.807) is 10.9 Å². The number of carboxylic acids is 1. The molecule has 20 heavy (non-hydrogen) atoms. The molecule has 1 rings (SSSR count).